The van der Waals surface area contributed by atoms with Gasteiger partial charge in [0.15, 0.2) is 0 Å². The minimum atomic E-state index is -0.835. The van der Waals surface area contributed by atoms with Crippen LogP contribution in [-0.4, -0.2) is 25.5 Å². The van der Waals surface area contributed by atoms with Gasteiger partial charge in [0.05, 0.1) is 12.3 Å². The summed E-state index contributed by atoms with van der Waals surface area (Å²) in [6, 6.07) is 13.3. The third kappa shape index (κ3) is 2.57. The molecule has 1 amide bonds. The van der Waals surface area contributed by atoms with E-state index in [0.717, 1.165) is 10.8 Å². The molecule has 0 aliphatic heterocycles. The first-order valence-electron chi connectivity index (χ1n) is 6.07. The molecule has 0 radical (unpaired) electrons. The van der Waals surface area contributed by atoms with Crippen molar-refractivity contribution in [3.8, 4) is 0 Å². The molecule has 4 nitrogen and oxygen atoms in total. The Kier molecular flexibility index (Phi) is 3.80. The summed E-state index contributed by atoms with van der Waals surface area (Å²) in [7, 11) is 1.57. The molecule has 2 rings (SSSR count). The molecule has 0 atom stereocenters. The summed E-state index contributed by atoms with van der Waals surface area (Å²) < 4.78 is 4.73. The van der Waals surface area contributed by atoms with Crippen molar-refractivity contribution in [1.29, 1.82) is 0 Å². The van der Waals surface area contributed by atoms with Crippen LogP contribution in [-0.2, 0) is 14.3 Å². The van der Waals surface area contributed by atoms with Gasteiger partial charge in [-0.2, -0.15) is 0 Å². The van der Waals surface area contributed by atoms with Gasteiger partial charge in [0.2, 0.25) is 0 Å². The highest BCUT2D eigenvalue weighted by Crippen LogP contribution is 2.25. The van der Waals surface area contributed by atoms with E-state index >= 15 is 0 Å². The molecule has 0 spiro atoms. The molecule has 0 heterocycles. The zero-order valence-corrected chi connectivity index (χ0v) is 10.9. The van der Waals surface area contributed by atoms with Crippen LogP contribution in [0, 0.1) is 0 Å². The molecule has 2 aromatic rings. The first-order chi connectivity index (χ1) is 9.15. The van der Waals surface area contributed by atoms with Crippen LogP contribution in [0.5, 0.6) is 0 Å². The Morgan fingerprint density at radius 3 is 2.53 bits per heavy atom. The number of benzene rings is 2. The predicted molar refractivity (Wildman–Crippen MR) is 74.0 cm³/mol. The van der Waals surface area contributed by atoms with Gasteiger partial charge < -0.3 is 9.64 Å². The maximum atomic E-state index is 11.9. The van der Waals surface area contributed by atoms with Crippen molar-refractivity contribution in [3.63, 3.8) is 0 Å². The number of likely N-dealkylation sites (N-methyl/N-ethyl adjacent to an activating group) is 1. The second-order valence-corrected chi connectivity index (χ2v) is 4.08. The Hall–Kier alpha value is -2.36. The summed E-state index contributed by atoms with van der Waals surface area (Å²) in [5.41, 5.74) is 0.691. The van der Waals surface area contributed by atoms with E-state index in [-0.39, 0.29) is 6.61 Å². The molecular formula is C15H15NO3. The summed E-state index contributed by atoms with van der Waals surface area (Å²) >= 11 is 0. The average molecular weight is 257 g/mol. The Bertz CT molecular complexity index is 616. The SMILES string of the molecule is CCOC(=O)C(=O)N(C)c1cccc2ccccc12. The lowest BCUT2D eigenvalue weighted by atomic mass is 10.1. The molecule has 2 aromatic carbocycles. The van der Waals surface area contributed by atoms with Gasteiger partial charge in [-0.15, -0.1) is 0 Å². The number of nitrogens with zero attached hydrogens (tertiary/aromatic N) is 1. The first-order valence-corrected chi connectivity index (χ1v) is 6.07. The molecule has 0 saturated carbocycles. The van der Waals surface area contributed by atoms with Crippen molar-refractivity contribution in [3.05, 3.63) is 42.5 Å². The van der Waals surface area contributed by atoms with E-state index in [2.05, 4.69) is 0 Å². The Morgan fingerprint density at radius 2 is 1.79 bits per heavy atom. The highest BCUT2D eigenvalue weighted by molar-refractivity contribution is 6.38. The lowest BCUT2D eigenvalue weighted by Crippen LogP contribution is -2.34. The van der Waals surface area contributed by atoms with Crippen molar-refractivity contribution in [2.24, 2.45) is 0 Å². The molecular weight excluding hydrogens is 242 g/mol. The number of rotatable bonds is 2. The van der Waals surface area contributed by atoms with Crippen molar-refractivity contribution in [1.82, 2.24) is 0 Å². The van der Waals surface area contributed by atoms with Gasteiger partial charge in [-0.1, -0.05) is 36.4 Å². The van der Waals surface area contributed by atoms with Gasteiger partial charge in [-0.05, 0) is 18.4 Å². The van der Waals surface area contributed by atoms with E-state index in [1.165, 1.54) is 4.90 Å². The quantitative estimate of drug-likeness (QED) is 0.613. The van der Waals surface area contributed by atoms with Crippen molar-refractivity contribution in [2.45, 2.75) is 6.92 Å². The monoisotopic (exact) mass is 257 g/mol. The fraction of sp³-hybridized carbons (Fsp3) is 0.200. The molecule has 0 aliphatic carbocycles. The smallest absolute Gasteiger partial charge is 0.397 e. The second-order valence-electron chi connectivity index (χ2n) is 4.08. The molecule has 19 heavy (non-hydrogen) atoms. The minimum absolute atomic E-state index is 0.188. The van der Waals surface area contributed by atoms with E-state index in [0.29, 0.717) is 5.69 Å². The van der Waals surface area contributed by atoms with E-state index in [9.17, 15) is 9.59 Å². The molecule has 0 saturated heterocycles. The fourth-order valence-corrected chi connectivity index (χ4v) is 1.94. The number of hydrogen-bond acceptors (Lipinski definition) is 3. The van der Waals surface area contributed by atoms with Crippen molar-refractivity contribution >= 4 is 28.3 Å². The van der Waals surface area contributed by atoms with Crippen LogP contribution < -0.4 is 4.90 Å². The van der Waals surface area contributed by atoms with Crippen LogP contribution in [0.25, 0.3) is 10.8 Å². The van der Waals surface area contributed by atoms with Gasteiger partial charge >= 0.3 is 11.9 Å². The molecule has 0 aromatic heterocycles. The van der Waals surface area contributed by atoms with Crippen LogP contribution in [0.15, 0.2) is 42.5 Å². The standard InChI is InChI=1S/C15H15NO3/c1-3-19-15(18)14(17)16(2)13-10-6-8-11-7-4-5-9-12(11)13/h4-10H,3H2,1-2H3. The topological polar surface area (TPSA) is 46.6 Å². The van der Waals surface area contributed by atoms with Crippen LogP contribution in [0.3, 0.4) is 0 Å². The second kappa shape index (κ2) is 5.52. The van der Waals surface area contributed by atoms with E-state index < -0.39 is 11.9 Å². The maximum Gasteiger partial charge on any atom is 0.397 e. The number of carbonyl (C=O) groups is 2. The van der Waals surface area contributed by atoms with Gasteiger partial charge in [0.25, 0.3) is 0 Å². The Morgan fingerprint density at radius 1 is 1.11 bits per heavy atom. The lowest BCUT2D eigenvalue weighted by Gasteiger charge is -2.18. The normalized spacial score (nSPS) is 10.2. The number of ether oxygens (including phenoxy) is 1. The molecule has 0 fully saturated rings. The zero-order valence-electron chi connectivity index (χ0n) is 10.9. The molecule has 0 unspecified atom stereocenters. The molecule has 0 aliphatic rings. The van der Waals surface area contributed by atoms with Gasteiger partial charge in [-0.25, -0.2) is 4.79 Å². The largest absolute Gasteiger partial charge is 0.459 e. The average Bonchev–Trinajstić information content (AvgIpc) is 2.45. The highest BCUT2D eigenvalue weighted by Gasteiger charge is 2.22. The number of anilines is 1. The summed E-state index contributed by atoms with van der Waals surface area (Å²) in [4.78, 5) is 24.7. The molecule has 98 valence electrons. The molecule has 0 bridgehead atoms. The number of carbonyl (C=O) groups excluding carboxylic acids is 2. The summed E-state index contributed by atoms with van der Waals surface area (Å²) in [6.45, 7) is 1.86. The van der Waals surface area contributed by atoms with Crippen molar-refractivity contribution < 1.29 is 14.3 Å². The number of fused-ring (bicyclic) bond motifs is 1. The van der Waals surface area contributed by atoms with Crippen LogP contribution in [0.4, 0.5) is 5.69 Å². The van der Waals surface area contributed by atoms with Gasteiger partial charge in [0.1, 0.15) is 0 Å². The molecule has 0 N–H and O–H groups in total. The summed E-state index contributed by atoms with van der Waals surface area (Å²) in [5, 5.41) is 1.94. The fourth-order valence-electron chi connectivity index (χ4n) is 1.94. The number of esters is 1. The van der Waals surface area contributed by atoms with Crippen LogP contribution >= 0.6 is 0 Å². The first kappa shape index (κ1) is 13.1. The Labute approximate surface area is 111 Å². The van der Waals surface area contributed by atoms with Gasteiger partial charge in [-0.3, -0.25) is 4.79 Å². The number of hydrogen-bond donors (Lipinski definition) is 0. The highest BCUT2D eigenvalue weighted by atomic mass is 16.5. The van der Waals surface area contributed by atoms with Crippen molar-refractivity contribution in [2.75, 3.05) is 18.6 Å². The van der Waals surface area contributed by atoms with E-state index in [1.54, 1.807) is 20.0 Å². The predicted octanol–water partition coefficient (Wildman–Crippen LogP) is 2.37. The summed E-state index contributed by atoms with van der Waals surface area (Å²) in [6.07, 6.45) is 0. The lowest BCUT2D eigenvalue weighted by molar-refractivity contribution is -0.153. The number of amides is 1. The third-order valence-corrected chi connectivity index (χ3v) is 2.88. The minimum Gasteiger partial charge on any atom is -0.459 e. The van der Waals surface area contributed by atoms with E-state index in [4.69, 9.17) is 4.74 Å². The third-order valence-electron chi connectivity index (χ3n) is 2.88. The van der Waals surface area contributed by atoms with Crippen LogP contribution in [0.2, 0.25) is 0 Å². The zero-order chi connectivity index (χ0) is 13.8. The maximum absolute atomic E-state index is 11.9. The Balaban J connectivity index is 2.39. The van der Waals surface area contributed by atoms with Crippen LogP contribution in [0.1, 0.15) is 6.92 Å². The molecule has 4 heteroatoms. The van der Waals surface area contributed by atoms with Gasteiger partial charge in [0, 0.05) is 12.4 Å². The summed E-state index contributed by atoms with van der Waals surface area (Å²) in [5.74, 6) is -1.50. The van der Waals surface area contributed by atoms with E-state index in [1.807, 2.05) is 36.4 Å².